The fourth-order valence-corrected chi connectivity index (χ4v) is 3.48. The lowest BCUT2D eigenvalue weighted by molar-refractivity contribution is -0.140. The molecule has 174 valence electrons. The monoisotopic (exact) mass is 475 g/mol. The zero-order chi connectivity index (χ0) is 24.1. The second-order valence-electron chi connectivity index (χ2n) is 7.01. The fourth-order valence-electron chi connectivity index (χ4n) is 2.43. The normalized spacial score (nSPS) is 12.0. The van der Waals surface area contributed by atoms with Crippen molar-refractivity contribution in [2.24, 2.45) is 5.92 Å². The van der Waals surface area contributed by atoms with Gasteiger partial charge in [-0.1, -0.05) is 13.8 Å². The molecule has 0 aliphatic carbocycles. The molecule has 0 fully saturated rings. The minimum Gasteiger partial charge on any atom is -0.351 e. The lowest BCUT2D eigenvalue weighted by atomic mass is 10.1. The van der Waals surface area contributed by atoms with Gasteiger partial charge in [0.1, 0.15) is 5.82 Å². The summed E-state index contributed by atoms with van der Waals surface area (Å²) in [4.78, 5) is 23.0. The highest BCUT2D eigenvalue weighted by Gasteiger charge is 2.35. The summed E-state index contributed by atoms with van der Waals surface area (Å²) < 4.78 is 78.0. The van der Waals surface area contributed by atoms with Gasteiger partial charge in [-0.25, -0.2) is 17.5 Å². The van der Waals surface area contributed by atoms with E-state index in [9.17, 15) is 35.6 Å². The minimum atomic E-state index is -5.04. The Balaban J connectivity index is 1.91. The fraction of sp³-hybridized carbons (Fsp3) is 0.300. The summed E-state index contributed by atoms with van der Waals surface area (Å²) in [6, 6.07) is 7.34. The van der Waals surface area contributed by atoms with Gasteiger partial charge in [0.25, 0.3) is 5.91 Å². The third-order valence-corrected chi connectivity index (χ3v) is 5.65. The van der Waals surface area contributed by atoms with Gasteiger partial charge in [0.2, 0.25) is 15.9 Å². The summed E-state index contributed by atoms with van der Waals surface area (Å²) in [5.74, 6) is -2.50. The van der Waals surface area contributed by atoms with E-state index in [4.69, 9.17) is 0 Å². The molecule has 0 aliphatic rings. The molecule has 0 spiro atoms. The number of nitrogens with one attached hydrogen (secondary N) is 3. The summed E-state index contributed by atoms with van der Waals surface area (Å²) in [6.45, 7) is 3.00. The molecule has 2 aromatic rings. The molecule has 2 aromatic carbocycles. The highest BCUT2D eigenvalue weighted by Crippen LogP contribution is 2.32. The molecule has 0 atom stereocenters. The first kappa shape index (κ1) is 25.3. The quantitative estimate of drug-likeness (QED) is 0.403. The zero-order valence-electron chi connectivity index (χ0n) is 17.1. The van der Waals surface area contributed by atoms with Crippen LogP contribution in [-0.4, -0.2) is 33.3 Å². The van der Waals surface area contributed by atoms with E-state index < -0.39 is 38.4 Å². The molecular weight excluding hydrogens is 454 g/mol. The Morgan fingerprint density at radius 3 is 2.19 bits per heavy atom. The van der Waals surface area contributed by atoms with E-state index in [-0.39, 0.29) is 36.5 Å². The number of hydrogen-bond donors (Lipinski definition) is 3. The molecule has 3 N–H and O–H groups in total. The lowest BCUT2D eigenvalue weighted by Crippen LogP contribution is -2.34. The van der Waals surface area contributed by atoms with E-state index in [2.05, 4.69) is 10.6 Å². The van der Waals surface area contributed by atoms with Gasteiger partial charge >= 0.3 is 6.18 Å². The molecule has 32 heavy (non-hydrogen) atoms. The molecule has 0 radical (unpaired) electrons. The number of rotatable bonds is 8. The van der Waals surface area contributed by atoms with E-state index in [1.807, 2.05) is 4.72 Å². The van der Waals surface area contributed by atoms with E-state index in [1.54, 1.807) is 13.8 Å². The number of carbonyl (C=O) groups is 2. The van der Waals surface area contributed by atoms with Gasteiger partial charge in [-0.3, -0.25) is 9.59 Å². The Morgan fingerprint density at radius 2 is 1.62 bits per heavy atom. The van der Waals surface area contributed by atoms with E-state index in [0.717, 1.165) is 0 Å². The molecule has 12 heteroatoms. The molecule has 0 aliphatic heterocycles. The van der Waals surface area contributed by atoms with Crippen LogP contribution in [0.2, 0.25) is 0 Å². The average Bonchev–Trinajstić information content (AvgIpc) is 2.70. The number of amides is 2. The summed E-state index contributed by atoms with van der Waals surface area (Å²) in [5, 5.41) is 5.12. The minimum absolute atomic E-state index is 0.156. The van der Waals surface area contributed by atoms with Crippen molar-refractivity contribution in [3.05, 3.63) is 59.4 Å². The zero-order valence-corrected chi connectivity index (χ0v) is 17.9. The Hall–Kier alpha value is -2.99. The highest BCUT2D eigenvalue weighted by atomic mass is 32.2. The molecule has 0 saturated heterocycles. The molecule has 0 saturated carbocycles. The van der Waals surface area contributed by atoms with Crippen LogP contribution in [0.1, 0.15) is 29.8 Å². The maximum atomic E-state index is 13.3. The SMILES string of the molecule is CC(C)C(=O)Nc1ccc(C(=O)NCCNS(=O)(=O)c2ccc(F)c(C(F)(F)F)c2)cc1. The van der Waals surface area contributed by atoms with Gasteiger partial charge in [-0.2, -0.15) is 13.2 Å². The third kappa shape index (κ3) is 6.76. The molecule has 0 unspecified atom stereocenters. The van der Waals surface area contributed by atoms with E-state index in [1.165, 1.54) is 24.3 Å². The molecule has 0 heterocycles. The van der Waals surface area contributed by atoms with E-state index in [0.29, 0.717) is 17.8 Å². The van der Waals surface area contributed by atoms with Crippen LogP contribution in [0.4, 0.5) is 23.2 Å². The van der Waals surface area contributed by atoms with Gasteiger partial charge in [0.15, 0.2) is 0 Å². The third-order valence-electron chi connectivity index (χ3n) is 4.20. The van der Waals surface area contributed by atoms with Crippen LogP contribution in [-0.2, 0) is 21.0 Å². The molecule has 0 bridgehead atoms. The number of anilines is 1. The predicted octanol–water partition coefficient (Wildman–Crippen LogP) is 3.15. The van der Waals surface area contributed by atoms with Crippen LogP contribution in [0, 0.1) is 11.7 Å². The van der Waals surface area contributed by atoms with Crippen LogP contribution >= 0.6 is 0 Å². The van der Waals surface area contributed by atoms with Crippen LogP contribution < -0.4 is 15.4 Å². The van der Waals surface area contributed by atoms with Crippen LogP contribution in [0.3, 0.4) is 0 Å². The predicted molar refractivity (Wildman–Crippen MR) is 109 cm³/mol. The summed E-state index contributed by atoms with van der Waals surface area (Å²) in [5.41, 5.74) is -0.934. The molecule has 0 aromatic heterocycles. The number of alkyl halides is 3. The topological polar surface area (TPSA) is 104 Å². The Labute approximate surface area is 182 Å². The first-order valence-electron chi connectivity index (χ1n) is 9.37. The maximum absolute atomic E-state index is 13.3. The Bertz CT molecular complexity index is 1090. The second-order valence-corrected chi connectivity index (χ2v) is 8.78. The molecule has 2 amide bonds. The molecule has 2 rings (SSSR count). The van der Waals surface area contributed by atoms with Gasteiger partial charge < -0.3 is 10.6 Å². The maximum Gasteiger partial charge on any atom is 0.419 e. The summed E-state index contributed by atoms with van der Waals surface area (Å²) >= 11 is 0. The van der Waals surface area contributed by atoms with E-state index >= 15 is 0 Å². The van der Waals surface area contributed by atoms with Crippen molar-refractivity contribution >= 4 is 27.5 Å². The number of halogens is 4. The highest BCUT2D eigenvalue weighted by molar-refractivity contribution is 7.89. The number of sulfonamides is 1. The molecule has 7 nitrogen and oxygen atoms in total. The first-order valence-corrected chi connectivity index (χ1v) is 10.8. The van der Waals surface area contributed by atoms with Gasteiger partial charge in [-0.15, -0.1) is 0 Å². The van der Waals surface area contributed by atoms with Crippen molar-refractivity contribution in [1.29, 1.82) is 0 Å². The number of benzene rings is 2. The first-order chi connectivity index (χ1) is 14.8. The summed E-state index contributed by atoms with van der Waals surface area (Å²) in [6.07, 6.45) is -5.04. The van der Waals surface area contributed by atoms with Crippen molar-refractivity contribution in [2.75, 3.05) is 18.4 Å². The van der Waals surface area contributed by atoms with Crippen LogP contribution in [0.15, 0.2) is 47.4 Å². The van der Waals surface area contributed by atoms with Crippen molar-refractivity contribution in [2.45, 2.75) is 24.9 Å². The van der Waals surface area contributed by atoms with Gasteiger partial charge in [0.05, 0.1) is 10.5 Å². The Morgan fingerprint density at radius 1 is 1.00 bits per heavy atom. The van der Waals surface area contributed by atoms with Crippen molar-refractivity contribution < 1.29 is 35.6 Å². The smallest absolute Gasteiger partial charge is 0.351 e. The van der Waals surface area contributed by atoms with Crippen LogP contribution in [0.5, 0.6) is 0 Å². The lowest BCUT2D eigenvalue weighted by Gasteiger charge is -2.12. The number of carbonyl (C=O) groups excluding carboxylic acids is 2. The second kappa shape index (κ2) is 10.1. The van der Waals surface area contributed by atoms with Crippen molar-refractivity contribution in [3.8, 4) is 0 Å². The average molecular weight is 475 g/mol. The van der Waals surface area contributed by atoms with Crippen LogP contribution in [0.25, 0.3) is 0 Å². The largest absolute Gasteiger partial charge is 0.419 e. The number of hydrogen-bond acceptors (Lipinski definition) is 4. The van der Waals surface area contributed by atoms with Crippen molar-refractivity contribution in [3.63, 3.8) is 0 Å². The molecular formula is C20H21F4N3O4S. The van der Waals surface area contributed by atoms with Crippen molar-refractivity contribution in [1.82, 2.24) is 10.0 Å². The summed E-state index contributed by atoms with van der Waals surface area (Å²) in [7, 11) is -4.35. The van der Waals surface area contributed by atoms with Gasteiger partial charge in [-0.05, 0) is 42.5 Å². The standard InChI is InChI=1S/C20H21F4N3O4S/c1-12(2)18(28)27-14-5-3-13(4-6-14)19(29)25-9-10-26-32(30,31)15-7-8-17(21)16(11-15)20(22,23)24/h3-8,11-12,26H,9-10H2,1-2H3,(H,25,29)(H,27,28). The Kier molecular flexibility index (Phi) is 7.97. The van der Waals surface area contributed by atoms with Gasteiger partial charge in [0, 0.05) is 30.3 Å².